The van der Waals surface area contributed by atoms with Crippen molar-refractivity contribution in [2.75, 3.05) is 31.1 Å². The summed E-state index contributed by atoms with van der Waals surface area (Å²) in [6, 6.07) is 4.72. The largest absolute Gasteiger partial charge is 0.371 e. The van der Waals surface area contributed by atoms with Gasteiger partial charge in [-0.15, -0.1) is 11.3 Å². The number of nitrogens with zero attached hydrogens (tertiary/aromatic N) is 4. The van der Waals surface area contributed by atoms with E-state index in [2.05, 4.69) is 9.88 Å². The maximum atomic E-state index is 13.4. The molecule has 3 heterocycles. The molecular weight excluding hydrogens is 376 g/mol. The van der Waals surface area contributed by atoms with E-state index in [1.165, 1.54) is 18.6 Å². The topological polar surface area (TPSA) is 79.6 Å². The summed E-state index contributed by atoms with van der Waals surface area (Å²) in [7, 11) is 0. The van der Waals surface area contributed by atoms with Crippen LogP contribution in [0.4, 0.5) is 11.4 Å². The SMILES string of the molecule is O=C(c1cc([N+](=O)[O-])ccc1N1CCCCC1)N1CCCC(c2nccs2)C1. The fourth-order valence-corrected chi connectivity index (χ4v) is 4.96. The zero-order valence-electron chi connectivity index (χ0n) is 15.7. The molecule has 0 aliphatic carbocycles. The van der Waals surface area contributed by atoms with Crippen LogP contribution in [0.15, 0.2) is 29.8 Å². The molecule has 0 N–H and O–H groups in total. The summed E-state index contributed by atoms with van der Waals surface area (Å²) in [5.74, 6) is 0.139. The molecule has 8 heteroatoms. The van der Waals surface area contributed by atoms with Gasteiger partial charge in [0.05, 0.1) is 21.2 Å². The number of carbonyl (C=O) groups excluding carboxylic acids is 1. The average molecular weight is 401 g/mol. The number of thiazole rings is 1. The fraction of sp³-hybridized carbons (Fsp3) is 0.500. The first-order valence-corrected chi connectivity index (χ1v) is 10.7. The third-order valence-electron chi connectivity index (χ3n) is 5.63. The Morgan fingerprint density at radius 2 is 2.00 bits per heavy atom. The molecule has 28 heavy (non-hydrogen) atoms. The van der Waals surface area contributed by atoms with E-state index >= 15 is 0 Å². The van der Waals surface area contributed by atoms with Crippen molar-refractivity contribution in [2.45, 2.75) is 38.0 Å². The number of amides is 1. The number of aromatic nitrogens is 1. The molecule has 0 radical (unpaired) electrons. The number of carbonyl (C=O) groups is 1. The predicted molar refractivity (Wildman–Crippen MR) is 109 cm³/mol. The van der Waals surface area contributed by atoms with Crippen LogP contribution in [-0.2, 0) is 0 Å². The zero-order valence-corrected chi connectivity index (χ0v) is 16.6. The van der Waals surface area contributed by atoms with Gasteiger partial charge >= 0.3 is 0 Å². The van der Waals surface area contributed by atoms with Crippen LogP contribution in [-0.4, -0.2) is 46.9 Å². The van der Waals surface area contributed by atoms with Crippen molar-refractivity contribution in [1.29, 1.82) is 0 Å². The lowest BCUT2D eigenvalue weighted by molar-refractivity contribution is -0.384. The second-order valence-electron chi connectivity index (χ2n) is 7.47. The molecule has 0 spiro atoms. The monoisotopic (exact) mass is 400 g/mol. The molecule has 1 aromatic carbocycles. The van der Waals surface area contributed by atoms with E-state index in [1.807, 2.05) is 10.3 Å². The number of hydrogen-bond donors (Lipinski definition) is 0. The van der Waals surface area contributed by atoms with Crippen LogP contribution in [0.2, 0.25) is 0 Å². The van der Waals surface area contributed by atoms with Gasteiger partial charge in [0.1, 0.15) is 0 Å². The molecule has 2 fully saturated rings. The molecule has 148 valence electrons. The number of benzene rings is 1. The van der Waals surface area contributed by atoms with Crippen molar-refractivity contribution >= 4 is 28.6 Å². The van der Waals surface area contributed by atoms with Crippen molar-refractivity contribution in [1.82, 2.24) is 9.88 Å². The van der Waals surface area contributed by atoms with Crippen LogP contribution in [0, 0.1) is 10.1 Å². The van der Waals surface area contributed by atoms with Crippen molar-refractivity contribution < 1.29 is 9.72 Å². The van der Waals surface area contributed by atoms with E-state index in [1.54, 1.807) is 23.6 Å². The summed E-state index contributed by atoms with van der Waals surface area (Å²) in [6.45, 7) is 3.08. The molecule has 0 saturated carbocycles. The second kappa shape index (κ2) is 8.26. The quantitative estimate of drug-likeness (QED) is 0.571. The molecule has 1 amide bonds. The van der Waals surface area contributed by atoms with Crippen LogP contribution in [0.1, 0.15) is 53.4 Å². The summed E-state index contributed by atoms with van der Waals surface area (Å²) < 4.78 is 0. The Morgan fingerprint density at radius 3 is 2.71 bits per heavy atom. The van der Waals surface area contributed by atoms with E-state index in [0.717, 1.165) is 49.5 Å². The Hall–Kier alpha value is -2.48. The summed E-state index contributed by atoms with van der Waals surface area (Å²) in [5, 5.41) is 14.3. The first kappa shape index (κ1) is 18.9. The minimum absolute atomic E-state index is 0.0300. The maximum Gasteiger partial charge on any atom is 0.270 e. The normalized spacial score (nSPS) is 20.2. The number of nitro benzene ring substituents is 1. The van der Waals surface area contributed by atoms with Crippen molar-refractivity contribution in [3.8, 4) is 0 Å². The number of hydrogen-bond acceptors (Lipinski definition) is 6. The molecule has 0 bridgehead atoms. The lowest BCUT2D eigenvalue weighted by Crippen LogP contribution is -2.40. The minimum Gasteiger partial charge on any atom is -0.371 e. The molecule has 2 saturated heterocycles. The van der Waals surface area contributed by atoms with Crippen molar-refractivity contribution in [2.24, 2.45) is 0 Å². The van der Waals surface area contributed by atoms with E-state index in [-0.39, 0.29) is 17.5 Å². The molecule has 1 aromatic heterocycles. The van der Waals surface area contributed by atoms with Gasteiger partial charge in [-0.05, 0) is 38.2 Å². The molecular formula is C20H24N4O3S. The number of anilines is 1. The lowest BCUT2D eigenvalue weighted by Gasteiger charge is -2.34. The average Bonchev–Trinajstić information content (AvgIpc) is 3.28. The molecule has 2 aliphatic rings. The first-order valence-electron chi connectivity index (χ1n) is 9.85. The van der Waals surface area contributed by atoms with E-state index in [0.29, 0.717) is 18.7 Å². The van der Waals surface area contributed by atoms with Gasteiger partial charge in [-0.3, -0.25) is 14.9 Å². The van der Waals surface area contributed by atoms with Crippen LogP contribution in [0.25, 0.3) is 0 Å². The van der Waals surface area contributed by atoms with Crippen LogP contribution in [0.3, 0.4) is 0 Å². The Balaban J connectivity index is 1.62. The zero-order chi connectivity index (χ0) is 19.5. The highest BCUT2D eigenvalue weighted by atomic mass is 32.1. The molecule has 2 aliphatic heterocycles. The molecule has 2 aromatic rings. The highest BCUT2D eigenvalue weighted by Crippen LogP contribution is 2.32. The number of piperidine rings is 2. The number of non-ortho nitro benzene ring substituents is 1. The third kappa shape index (κ3) is 3.87. The van der Waals surface area contributed by atoms with E-state index in [4.69, 9.17) is 0 Å². The van der Waals surface area contributed by atoms with Gasteiger partial charge < -0.3 is 9.80 Å². The van der Waals surface area contributed by atoms with Crippen LogP contribution >= 0.6 is 11.3 Å². The number of likely N-dealkylation sites (tertiary alicyclic amines) is 1. The predicted octanol–water partition coefficient (Wildman–Crippen LogP) is 4.06. The maximum absolute atomic E-state index is 13.4. The Labute approximate surface area is 168 Å². The Morgan fingerprint density at radius 1 is 1.18 bits per heavy atom. The second-order valence-corrected chi connectivity index (χ2v) is 8.39. The Bertz CT molecular complexity index is 849. The van der Waals surface area contributed by atoms with Crippen molar-refractivity contribution in [3.05, 3.63) is 50.5 Å². The molecule has 1 atom stereocenters. The minimum atomic E-state index is -0.425. The van der Waals surface area contributed by atoms with Gasteiger partial charge in [-0.2, -0.15) is 0 Å². The van der Waals surface area contributed by atoms with E-state index < -0.39 is 4.92 Å². The smallest absolute Gasteiger partial charge is 0.270 e. The highest BCUT2D eigenvalue weighted by molar-refractivity contribution is 7.09. The fourth-order valence-electron chi connectivity index (χ4n) is 4.19. The molecule has 1 unspecified atom stereocenters. The summed E-state index contributed by atoms with van der Waals surface area (Å²) in [4.78, 5) is 32.8. The lowest BCUT2D eigenvalue weighted by atomic mass is 9.97. The van der Waals surface area contributed by atoms with Gasteiger partial charge in [0, 0.05) is 55.8 Å². The molecule has 4 rings (SSSR count). The third-order valence-corrected chi connectivity index (χ3v) is 6.57. The standard InChI is InChI=1S/C20H24N4O3S/c25-20(23-11-4-5-15(14-23)19-21-8-12-28-19)17-13-16(24(26)27)6-7-18(17)22-9-2-1-3-10-22/h6-8,12-13,15H,1-5,9-11,14H2. The van der Waals surface area contributed by atoms with Gasteiger partial charge in [-0.25, -0.2) is 4.98 Å². The number of nitro groups is 1. The van der Waals surface area contributed by atoms with E-state index in [9.17, 15) is 14.9 Å². The van der Waals surface area contributed by atoms with Gasteiger partial charge in [0.25, 0.3) is 11.6 Å². The molecule has 7 nitrogen and oxygen atoms in total. The first-order chi connectivity index (χ1) is 13.6. The summed E-state index contributed by atoms with van der Waals surface area (Å²) in [5.41, 5.74) is 1.25. The van der Waals surface area contributed by atoms with Gasteiger partial charge in [-0.1, -0.05) is 0 Å². The van der Waals surface area contributed by atoms with Crippen molar-refractivity contribution in [3.63, 3.8) is 0 Å². The summed E-state index contributed by atoms with van der Waals surface area (Å²) >= 11 is 1.62. The van der Waals surface area contributed by atoms with Crippen LogP contribution in [0.5, 0.6) is 0 Å². The van der Waals surface area contributed by atoms with Crippen LogP contribution < -0.4 is 4.90 Å². The highest BCUT2D eigenvalue weighted by Gasteiger charge is 2.30. The summed E-state index contributed by atoms with van der Waals surface area (Å²) in [6.07, 6.45) is 7.10. The number of rotatable bonds is 4. The Kier molecular flexibility index (Phi) is 5.57. The van der Waals surface area contributed by atoms with Gasteiger partial charge in [0.15, 0.2) is 0 Å². The van der Waals surface area contributed by atoms with Gasteiger partial charge in [0.2, 0.25) is 0 Å².